The van der Waals surface area contributed by atoms with Gasteiger partial charge in [-0.2, -0.15) is 0 Å². The van der Waals surface area contributed by atoms with Crippen LogP contribution in [0.2, 0.25) is 0 Å². The van der Waals surface area contributed by atoms with Crippen LogP contribution in [0.3, 0.4) is 0 Å². The molecule has 14 rings (SSSR count). The molecule has 1 N–H and O–H groups in total. The van der Waals surface area contributed by atoms with Crippen LogP contribution >= 0.6 is 0 Å². The summed E-state index contributed by atoms with van der Waals surface area (Å²) >= 11 is 0. The Labute approximate surface area is 425 Å². The maximum Gasteiger partial charge on any atom is 0.0619 e. The van der Waals surface area contributed by atoms with E-state index in [1.54, 1.807) is 0 Å². The molecule has 14 aromatic rings. The topological polar surface area (TPSA) is 18.5 Å². The van der Waals surface area contributed by atoms with Gasteiger partial charge in [0.1, 0.15) is 0 Å². The van der Waals surface area contributed by atoms with E-state index in [9.17, 15) is 0 Å². The molecule has 0 aliphatic carbocycles. The summed E-state index contributed by atoms with van der Waals surface area (Å²) in [7, 11) is 0. The van der Waals surface area contributed by atoms with Crippen LogP contribution in [0.15, 0.2) is 291 Å². The highest BCUT2D eigenvalue weighted by Crippen LogP contribution is 2.52. The van der Waals surface area contributed by atoms with Gasteiger partial charge in [0.2, 0.25) is 0 Å². The maximum absolute atomic E-state index is 3.76. The third-order valence-corrected chi connectivity index (χ3v) is 14.1. The van der Waals surface area contributed by atoms with Crippen molar-refractivity contribution in [2.45, 2.75) is 0 Å². The first-order chi connectivity index (χ1) is 36.3. The summed E-state index contributed by atoms with van der Waals surface area (Å²) in [5, 5.41) is 18.6. The van der Waals surface area contributed by atoms with Crippen LogP contribution in [0.25, 0.3) is 75.8 Å². The smallest absolute Gasteiger partial charge is 0.0619 e. The average Bonchev–Trinajstić information content (AvgIpc) is 3.46. The zero-order valence-electron chi connectivity index (χ0n) is 40.1. The van der Waals surface area contributed by atoms with Crippen molar-refractivity contribution in [3.8, 4) is 11.1 Å². The first-order valence-corrected chi connectivity index (χ1v) is 25.0. The molecule has 73 heavy (non-hydrogen) atoms. The Hall–Kier alpha value is -9.70. The molecule has 0 amide bonds. The molecular weight excluding hydrogens is 883 g/mol. The van der Waals surface area contributed by atoms with Gasteiger partial charge in [0.15, 0.2) is 0 Å². The minimum Gasteiger partial charge on any atom is -0.356 e. The Bertz CT molecular complexity index is 4050. The van der Waals surface area contributed by atoms with E-state index in [4.69, 9.17) is 0 Å². The largest absolute Gasteiger partial charge is 0.356 e. The van der Waals surface area contributed by atoms with Gasteiger partial charge in [0.05, 0.1) is 5.69 Å². The summed E-state index contributed by atoms with van der Waals surface area (Å²) in [4.78, 5) is 4.82. The Morgan fingerprint density at radius 3 is 1.23 bits per heavy atom. The third-order valence-electron chi connectivity index (χ3n) is 14.1. The molecule has 0 unspecified atom stereocenters. The molecule has 0 aliphatic rings. The second-order valence-corrected chi connectivity index (χ2v) is 18.5. The Kier molecular flexibility index (Phi) is 11.2. The fraction of sp³-hybridized carbons (Fsp3) is 0. The third kappa shape index (κ3) is 7.90. The number of para-hydroxylation sites is 5. The SMILES string of the molecule is c1ccc(Nc2ccc3c(-c4ccc5c6cccc7cccc(c8cccc4c85)c76)c4cc(N(c5ccccc5)c5ccccc5)ccc4c(N(c4ccccc4)c4ccccc4)c3c2)cc1.c1ccccc1. The molecule has 0 saturated carbocycles. The van der Waals surface area contributed by atoms with Gasteiger partial charge in [-0.15, -0.1) is 0 Å². The van der Waals surface area contributed by atoms with E-state index >= 15 is 0 Å². The summed E-state index contributed by atoms with van der Waals surface area (Å²) in [5.41, 5.74) is 11.0. The summed E-state index contributed by atoms with van der Waals surface area (Å²) in [6, 6.07) is 105. The first kappa shape index (κ1) is 43.3. The van der Waals surface area contributed by atoms with Crippen molar-refractivity contribution in [1.82, 2.24) is 0 Å². The zero-order valence-corrected chi connectivity index (χ0v) is 40.1. The number of nitrogens with one attached hydrogen (secondary N) is 1. The molecule has 0 radical (unpaired) electrons. The van der Waals surface area contributed by atoms with Crippen molar-refractivity contribution in [2.75, 3.05) is 15.1 Å². The van der Waals surface area contributed by atoms with Crippen molar-refractivity contribution in [2.24, 2.45) is 0 Å². The summed E-state index contributed by atoms with van der Waals surface area (Å²) in [6.07, 6.45) is 0. The van der Waals surface area contributed by atoms with E-state index < -0.39 is 0 Å². The van der Waals surface area contributed by atoms with E-state index in [2.05, 4.69) is 270 Å². The molecule has 0 aromatic heterocycles. The Morgan fingerprint density at radius 1 is 0.233 bits per heavy atom. The number of benzene rings is 14. The van der Waals surface area contributed by atoms with Gasteiger partial charge in [-0.05, 0) is 150 Å². The van der Waals surface area contributed by atoms with Gasteiger partial charge in [-0.25, -0.2) is 0 Å². The second kappa shape index (κ2) is 18.9. The van der Waals surface area contributed by atoms with E-state index in [-0.39, 0.29) is 0 Å². The number of nitrogens with zero attached hydrogens (tertiary/aromatic N) is 2. The molecule has 0 heterocycles. The highest BCUT2D eigenvalue weighted by Gasteiger charge is 2.26. The number of anilines is 8. The number of fused-ring (bicyclic) bond motifs is 4. The fourth-order valence-corrected chi connectivity index (χ4v) is 11.0. The lowest BCUT2D eigenvalue weighted by molar-refractivity contribution is 1.29. The van der Waals surface area contributed by atoms with E-state index in [1.807, 2.05) is 36.4 Å². The molecule has 3 heteroatoms. The fourth-order valence-electron chi connectivity index (χ4n) is 11.0. The number of rotatable bonds is 9. The summed E-state index contributed by atoms with van der Waals surface area (Å²) in [5.74, 6) is 0. The minimum absolute atomic E-state index is 1.02. The highest BCUT2D eigenvalue weighted by atomic mass is 15.2. The van der Waals surface area contributed by atoms with Crippen LogP contribution in [0.1, 0.15) is 0 Å². The van der Waals surface area contributed by atoms with Crippen molar-refractivity contribution in [3.63, 3.8) is 0 Å². The quantitative estimate of drug-likeness (QED) is 0.115. The predicted octanol–water partition coefficient (Wildman–Crippen LogP) is 20.1. The maximum atomic E-state index is 3.76. The molecule has 0 bridgehead atoms. The van der Waals surface area contributed by atoms with E-state index in [0.29, 0.717) is 0 Å². The molecule has 0 fully saturated rings. The summed E-state index contributed by atoms with van der Waals surface area (Å²) < 4.78 is 0. The normalized spacial score (nSPS) is 11.3. The first-order valence-electron chi connectivity index (χ1n) is 25.0. The van der Waals surface area contributed by atoms with Gasteiger partial charge in [-0.1, -0.05) is 206 Å². The van der Waals surface area contributed by atoms with E-state index in [0.717, 1.165) is 61.7 Å². The van der Waals surface area contributed by atoms with Crippen molar-refractivity contribution < 1.29 is 0 Å². The van der Waals surface area contributed by atoms with Gasteiger partial charge in [0, 0.05) is 50.6 Å². The predicted molar refractivity (Wildman–Crippen MR) is 314 cm³/mol. The Balaban J connectivity index is 0.000000805. The molecular formula is C70H49N3. The molecule has 344 valence electrons. The van der Waals surface area contributed by atoms with Gasteiger partial charge < -0.3 is 15.1 Å². The van der Waals surface area contributed by atoms with Crippen LogP contribution in [-0.4, -0.2) is 0 Å². The Morgan fingerprint density at radius 2 is 0.671 bits per heavy atom. The molecule has 3 nitrogen and oxygen atoms in total. The lowest BCUT2D eigenvalue weighted by Crippen LogP contribution is -2.12. The molecule has 0 atom stereocenters. The van der Waals surface area contributed by atoms with Crippen LogP contribution < -0.4 is 15.1 Å². The van der Waals surface area contributed by atoms with Crippen LogP contribution in [0.4, 0.5) is 45.5 Å². The molecule has 0 spiro atoms. The lowest BCUT2D eigenvalue weighted by Gasteiger charge is -2.31. The average molecular weight is 932 g/mol. The van der Waals surface area contributed by atoms with Gasteiger partial charge in [0.25, 0.3) is 0 Å². The van der Waals surface area contributed by atoms with Crippen LogP contribution in [-0.2, 0) is 0 Å². The zero-order chi connectivity index (χ0) is 48.5. The monoisotopic (exact) mass is 931 g/mol. The van der Waals surface area contributed by atoms with Gasteiger partial charge in [-0.3, -0.25) is 0 Å². The van der Waals surface area contributed by atoms with Crippen molar-refractivity contribution >= 4 is 110 Å². The lowest BCUT2D eigenvalue weighted by atomic mass is 9.84. The molecule has 0 aliphatic heterocycles. The number of hydrogen-bond acceptors (Lipinski definition) is 3. The highest BCUT2D eigenvalue weighted by molar-refractivity contribution is 6.35. The van der Waals surface area contributed by atoms with Crippen LogP contribution in [0, 0.1) is 0 Å². The van der Waals surface area contributed by atoms with Gasteiger partial charge >= 0.3 is 0 Å². The molecule has 0 saturated heterocycles. The summed E-state index contributed by atoms with van der Waals surface area (Å²) in [6.45, 7) is 0. The number of hydrogen-bond donors (Lipinski definition) is 1. The standard InChI is InChI=1S/C64H43N3.C6H6/c1-6-21-44(22-7-1)65-45-35-37-57-60(41-45)64(67(48-27-12-4-13-28-48)49-29-14-5-15-30-49)58-38-36-50(66(46-23-8-2-9-24-46)47-25-10-3-11-26-47)42-59(58)63(57)56-40-39-55-52-32-17-20-43-19-16-31-51(61(43)52)53-33-18-34-54(56)62(53)55;1-2-4-6-5-3-1/h1-42,65H;1-6H. The molecule has 14 aromatic carbocycles. The van der Waals surface area contributed by atoms with Crippen LogP contribution in [0.5, 0.6) is 0 Å². The van der Waals surface area contributed by atoms with Crippen molar-refractivity contribution in [3.05, 3.63) is 291 Å². The minimum atomic E-state index is 1.02. The van der Waals surface area contributed by atoms with E-state index in [1.165, 1.54) is 59.6 Å². The second-order valence-electron chi connectivity index (χ2n) is 18.5. The van der Waals surface area contributed by atoms with Crippen molar-refractivity contribution in [1.29, 1.82) is 0 Å².